The van der Waals surface area contributed by atoms with Gasteiger partial charge >= 0.3 is 6.09 Å². The van der Waals surface area contributed by atoms with Gasteiger partial charge in [-0.2, -0.15) is 0 Å². The van der Waals surface area contributed by atoms with Gasteiger partial charge in [0.25, 0.3) is 0 Å². The summed E-state index contributed by atoms with van der Waals surface area (Å²) in [4.78, 5) is 55.2. The molecule has 1 saturated carbocycles. The minimum Gasteiger partial charge on any atom is -0.540 e. The van der Waals surface area contributed by atoms with Crippen molar-refractivity contribution in [2.45, 2.75) is 117 Å². The Morgan fingerprint density at radius 1 is 1.02 bits per heavy atom. The van der Waals surface area contributed by atoms with Crippen molar-refractivity contribution in [2.24, 2.45) is 17.3 Å². The Morgan fingerprint density at radius 3 is 2.55 bits per heavy atom. The number of aromatic nitrogens is 3. The summed E-state index contributed by atoms with van der Waals surface area (Å²) in [5.74, 6) is 1.68. The number of amides is 2. The SMILES string of the molecule is Cc1cnc(COc2ccc3nc4c(nc3c2)O[C@H]2CN(C(=O)[C@H](C(C)(C)C)NC(=O)O[C@@H]3CCC[C@H]3CCCCC4)[C@H]([C-]=O)[C@@H]2C)o1.[V]. The average molecular weight is 712 g/mol. The Morgan fingerprint density at radius 2 is 1.82 bits per heavy atom. The van der Waals surface area contributed by atoms with Crippen LogP contribution in [0.4, 0.5) is 4.79 Å². The molecule has 0 unspecified atom stereocenters. The van der Waals surface area contributed by atoms with Gasteiger partial charge in [0, 0.05) is 24.6 Å². The predicted octanol–water partition coefficient (Wildman–Crippen LogP) is 5.63. The maximum absolute atomic E-state index is 14.1. The zero-order valence-electron chi connectivity index (χ0n) is 28.9. The van der Waals surface area contributed by atoms with Gasteiger partial charge in [-0.3, -0.25) is 4.79 Å². The van der Waals surface area contributed by atoms with Crippen LogP contribution in [0.15, 0.2) is 28.8 Å². The largest absolute Gasteiger partial charge is 0.540 e. The van der Waals surface area contributed by atoms with E-state index in [4.69, 9.17) is 28.6 Å². The van der Waals surface area contributed by atoms with Crippen molar-refractivity contribution >= 4 is 29.3 Å². The van der Waals surface area contributed by atoms with Crippen molar-refractivity contribution < 1.29 is 51.6 Å². The molecule has 1 N–H and O–H groups in total. The minimum absolute atomic E-state index is 0. The summed E-state index contributed by atoms with van der Waals surface area (Å²) in [6.45, 7) is 9.65. The van der Waals surface area contributed by atoms with Gasteiger partial charge in [-0.1, -0.05) is 46.6 Å². The number of nitrogens with zero attached hydrogens (tertiary/aromatic N) is 4. The molecule has 2 amide bonds. The number of alkyl carbamates (subject to hydrolysis) is 1. The molecule has 12 nitrogen and oxygen atoms in total. The molecule has 263 valence electrons. The van der Waals surface area contributed by atoms with Crippen LogP contribution in [0.2, 0.25) is 0 Å². The second kappa shape index (κ2) is 15.5. The monoisotopic (exact) mass is 711 g/mol. The summed E-state index contributed by atoms with van der Waals surface area (Å²) in [7, 11) is 0. The van der Waals surface area contributed by atoms with Gasteiger partial charge in [0.2, 0.25) is 17.7 Å². The number of nitrogens with one attached hydrogen (secondary N) is 1. The van der Waals surface area contributed by atoms with E-state index in [9.17, 15) is 14.4 Å². The Labute approximate surface area is 299 Å². The third kappa shape index (κ3) is 8.40. The van der Waals surface area contributed by atoms with E-state index in [1.165, 1.54) is 4.90 Å². The third-order valence-corrected chi connectivity index (χ3v) is 9.88. The first-order chi connectivity index (χ1) is 23.0. The number of rotatable bonds is 4. The molecule has 2 aliphatic heterocycles. The van der Waals surface area contributed by atoms with Crippen LogP contribution >= 0.6 is 0 Å². The van der Waals surface area contributed by atoms with Crippen LogP contribution < -0.4 is 14.8 Å². The minimum atomic E-state index is -0.916. The fourth-order valence-corrected chi connectivity index (χ4v) is 7.13. The fraction of sp³-hybridized carbons (Fsp3) is 0.611. The molecule has 4 heterocycles. The number of oxazole rings is 1. The Hall–Kier alpha value is -3.64. The molecule has 49 heavy (non-hydrogen) atoms. The molecule has 0 spiro atoms. The number of benzene rings is 1. The molecule has 2 bridgehead atoms. The first-order valence-electron chi connectivity index (χ1n) is 17.2. The first-order valence-corrected chi connectivity index (χ1v) is 17.2. The van der Waals surface area contributed by atoms with E-state index in [0.717, 1.165) is 50.6 Å². The summed E-state index contributed by atoms with van der Waals surface area (Å²) in [6, 6.07) is 3.75. The van der Waals surface area contributed by atoms with Crippen LogP contribution in [0.5, 0.6) is 11.6 Å². The van der Waals surface area contributed by atoms with Gasteiger partial charge in [-0.05, 0) is 74.8 Å². The molecule has 2 aromatic heterocycles. The number of aryl methyl sites for hydroxylation is 2. The summed E-state index contributed by atoms with van der Waals surface area (Å²) < 4.78 is 24.0. The second-order valence-corrected chi connectivity index (χ2v) is 14.5. The van der Waals surface area contributed by atoms with E-state index in [1.807, 2.05) is 46.8 Å². The smallest absolute Gasteiger partial charge is 0.408 e. The van der Waals surface area contributed by atoms with Gasteiger partial charge in [0.05, 0.1) is 23.8 Å². The van der Waals surface area contributed by atoms with E-state index < -0.39 is 29.7 Å². The van der Waals surface area contributed by atoms with Crippen LogP contribution in [0.3, 0.4) is 0 Å². The molecule has 6 atom stereocenters. The molecule has 6 rings (SSSR count). The van der Waals surface area contributed by atoms with E-state index in [0.29, 0.717) is 40.7 Å². The summed E-state index contributed by atoms with van der Waals surface area (Å²) >= 11 is 0. The van der Waals surface area contributed by atoms with Gasteiger partial charge < -0.3 is 33.6 Å². The molecule has 1 aliphatic carbocycles. The number of ether oxygens (including phenoxy) is 3. The van der Waals surface area contributed by atoms with E-state index >= 15 is 0 Å². The Kier molecular flexibility index (Phi) is 11.6. The van der Waals surface area contributed by atoms with Crippen LogP contribution in [-0.2, 0) is 45.9 Å². The topological polar surface area (TPSA) is 146 Å². The van der Waals surface area contributed by atoms with Crippen molar-refractivity contribution in [3.8, 4) is 11.6 Å². The zero-order valence-corrected chi connectivity index (χ0v) is 30.3. The second-order valence-electron chi connectivity index (χ2n) is 14.5. The molecular weight excluding hydrogens is 665 g/mol. The summed E-state index contributed by atoms with van der Waals surface area (Å²) in [5.41, 5.74) is 1.39. The number of carbonyl (C=O) groups excluding carboxylic acids is 3. The van der Waals surface area contributed by atoms with Gasteiger partial charge in [-0.25, -0.2) is 26.0 Å². The fourth-order valence-electron chi connectivity index (χ4n) is 7.13. The zero-order chi connectivity index (χ0) is 34.0. The molecule has 13 heteroatoms. The Balaban J connectivity index is 0.00000468. The van der Waals surface area contributed by atoms with Crippen LogP contribution in [0, 0.1) is 24.2 Å². The molecule has 2 fully saturated rings. The van der Waals surface area contributed by atoms with Crippen molar-refractivity contribution in [2.75, 3.05) is 6.54 Å². The predicted molar refractivity (Wildman–Crippen MR) is 176 cm³/mol. The van der Waals surface area contributed by atoms with Crippen molar-refractivity contribution in [1.29, 1.82) is 0 Å². The van der Waals surface area contributed by atoms with Crippen molar-refractivity contribution in [1.82, 2.24) is 25.2 Å². The van der Waals surface area contributed by atoms with E-state index in [1.54, 1.807) is 12.3 Å². The van der Waals surface area contributed by atoms with Gasteiger partial charge in [0.1, 0.15) is 35.5 Å². The van der Waals surface area contributed by atoms with Gasteiger partial charge in [-0.15, -0.1) is 0 Å². The molecule has 3 aromatic rings. The maximum Gasteiger partial charge on any atom is 0.408 e. The van der Waals surface area contributed by atoms with Crippen LogP contribution in [0.1, 0.15) is 90.0 Å². The average Bonchev–Trinajstić information content (AvgIpc) is 3.75. The third-order valence-electron chi connectivity index (χ3n) is 9.88. The number of hydrogen-bond acceptors (Lipinski definition) is 10. The van der Waals surface area contributed by atoms with Crippen molar-refractivity contribution in [3.05, 3.63) is 41.7 Å². The van der Waals surface area contributed by atoms with E-state index in [-0.39, 0.29) is 55.6 Å². The molecular formula is C36H46N5O7V-. The summed E-state index contributed by atoms with van der Waals surface area (Å²) in [5, 5.41) is 2.86. The Bertz CT molecular complexity index is 1640. The van der Waals surface area contributed by atoms with Crippen LogP contribution in [-0.4, -0.2) is 69.0 Å². The molecule has 1 aromatic carbocycles. The number of fused-ring (bicyclic) bond motifs is 5. The number of carbonyl (C=O) groups is 2. The normalized spacial score (nSPS) is 26.7. The van der Waals surface area contributed by atoms with Crippen LogP contribution in [0.25, 0.3) is 11.0 Å². The molecule has 1 saturated heterocycles. The first kappa shape index (κ1) is 36.6. The molecule has 3 aliphatic rings. The van der Waals surface area contributed by atoms with Crippen molar-refractivity contribution in [3.63, 3.8) is 0 Å². The van der Waals surface area contributed by atoms with Gasteiger partial charge in [0.15, 0.2) is 6.61 Å². The standard InChI is InChI=1S/C36H46N5O7.V/c1-21-17-37-31(46-21)20-45-24-14-15-25-27(16-24)39-33-26(38-25)12-8-6-7-10-23-11-9-13-29(23)48-35(44)40-32(36(3,4)5)34(43)41-18-30(47-33)22(2)28(41)19-42;/h14-17,22-23,28-30,32H,6-13,18,20H2,1-5H3,(H,40,44);/q-1;/t22-,23+,28+,29+,30-,32+;/m0./s1. The number of hydrogen-bond donors (Lipinski definition) is 1. The van der Waals surface area contributed by atoms with E-state index in [2.05, 4.69) is 16.6 Å². The summed E-state index contributed by atoms with van der Waals surface area (Å²) in [6.07, 6.45) is 9.74. The maximum atomic E-state index is 14.1. The quantitative estimate of drug-likeness (QED) is 0.338. The molecule has 1 radical (unpaired) electrons.